The maximum atomic E-state index is 13.1. The van der Waals surface area contributed by atoms with Crippen molar-refractivity contribution in [3.05, 3.63) is 49.6 Å². The van der Waals surface area contributed by atoms with Crippen molar-refractivity contribution in [2.45, 2.75) is 46.1 Å². The number of carbonyl (C=O) groups is 1. The third kappa shape index (κ3) is 3.33. The molecule has 1 aliphatic carbocycles. The van der Waals surface area contributed by atoms with Gasteiger partial charge in [0.1, 0.15) is 6.04 Å². The van der Waals surface area contributed by atoms with Crippen molar-refractivity contribution in [1.29, 1.82) is 0 Å². The zero-order valence-electron chi connectivity index (χ0n) is 16.0. The molecule has 2 heterocycles. The molecule has 3 aromatic rings. The van der Waals surface area contributed by atoms with Crippen LogP contribution in [0.15, 0.2) is 23.0 Å². The van der Waals surface area contributed by atoms with Crippen LogP contribution >= 0.6 is 22.9 Å². The van der Waals surface area contributed by atoms with Gasteiger partial charge in [-0.2, -0.15) is 4.68 Å². The van der Waals surface area contributed by atoms with Crippen LogP contribution in [-0.2, 0) is 17.6 Å². The lowest BCUT2D eigenvalue weighted by molar-refractivity contribution is -0.119. The molecule has 6 nitrogen and oxygen atoms in total. The number of aromatic nitrogens is 3. The predicted octanol–water partition coefficient (Wildman–Crippen LogP) is 4.14. The number of halogens is 1. The van der Waals surface area contributed by atoms with Crippen LogP contribution < -0.4 is 10.9 Å². The van der Waals surface area contributed by atoms with E-state index in [0.717, 1.165) is 30.4 Å². The molecule has 0 fully saturated rings. The molecule has 2 atom stereocenters. The van der Waals surface area contributed by atoms with Crippen LogP contribution in [0.25, 0.3) is 10.2 Å². The molecule has 0 saturated carbocycles. The first kappa shape index (κ1) is 19.1. The Balaban J connectivity index is 1.68. The highest BCUT2D eigenvalue weighted by Gasteiger charge is 2.26. The number of nitrogens with one attached hydrogen (secondary N) is 1. The molecule has 2 aromatic heterocycles. The molecule has 4 rings (SSSR count). The average molecular weight is 417 g/mol. The molecule has 0 aliphatic heterocycles. The predicted molar refractivity (Wildman–Crippen MR) is 112 cm³/mol. The minimum atomic E-state index is -0.791. The Morgan fingerprint density at radius 3 is 3.00 bits per heavy atom. The number of fused-ring (bicyclic) bond motifs is 3. The molecule has 1 aliphatic rings. The Morgan fingerprint density at radius 1 is 1.43 bits per heavy atom. The number of anilines is 1. The van der Waals surface area contributed by atoms with Crippen LogP contribution in [0.5, 0.6) is 0 Å². The third-order valence-electron chi connectivity index (χ3n) is 5.35. The molecular formula is C20H21ClN4O2S. The molecule has 0 radical (unpaired) electrons. The van der Waals surface area contributed by atoms with E-state index in [1.165, 1.54) is 9.56 Å². The summed E-state index contributed by atoms with van der Waals surface area (Å²) in [5.74, 6) is 0.278. The normalized spacial score (nSPS) is 17.4. The summed E-state index contributed by atoms with van der Waals surface area (Å²) in [6, 6.07) is 4.50. The average Bonchev–Trinajstić information content (AvgIpc) is 3.02. The first-order valence-corrected chi connectivity index (χ1v) is 10.5. The smallest absolute Gasteiger partial charge is 0.279 e. The first-order valence-electron chi connectivity index (χ1n) is 9.32. The van der Waals surface area contributed by atoms with Crippen molar-refractivity contribution in [1.82, 2.24) is 15.0 Å². The summed E-state index contributed by atoms with van der Waals surface area (Å²) in [7, 11) is 0. The van der Waals surface area contributed by atoms with Crippen molar-refractivity contribution in [3.8, 4) is 0 Å². The number of benzene rings is 1. The molecule has 0 spiro atoms. The molecule has 0 unspecified atom stereocenters. The van der Waals surface area contributed by atoms with Gasteiger partial charge in [-0.05, 0) is 62.3 Å². The maximum Gasteiger partial charge on any atom is 0.279 e. The lowest BCUT2D eigenvalue weighted by Gasteiger charge is -2.18. The van der Waals surface area contributed by atoms with Gasteiger partial charge in [0.2, 0.25) is 5.91 Å². The van der Waals surface area contributed by atoms with E-state index in [1.807, 2.05) is 13.0 Å². The number of aryl methyl sites for hydroxylation is 2. The van der Waals surface area contributed by atoms with Crippen LogP contribution in [0.4, 0.5) is 5.69 Å². The number of thiophene rings is 1. The van der Waals surface area contributed by atoms with Crippen molar-refractivity contribution < 1.29 is 4.79 Å². The third-order valence-corrected chi connectivity index (χ3v) is 6.72. The Morgan fingerprint density at radius 2 is 2.21 bits per heavy atom. The fraction of sp³-hybridized carbons (Fsp3) is 0.400. The number of hydrogen-bond acceptors (Lipinski definition) is 5. The van der Waals surface area contributed by atoms with Gasteiger partial charge in [0.25, 0.3) is 5.56 Å². The summed E-state index contributed by atoms with van der Waals surface area (Å²) in [4.78, 5) is 27.8. The van der Waals surface area contributed by atoms with E-state index in [-0.39, 0.29) is 11.5 Å². The molecule has 1 aromatic carbocycles. The Kier molecular flexibility index (Phi) is 4.97. The number of hydrogen-bond donors (Lipinski definition) is 1. The lowest BCUT2D eigenvalue weighted by atomic mass is 9.89. The Labute approximate surface area is 171 Å². The molecule has 146 valence electrons. The van der Waals surface area contributed by atoms with Gasteiger partial charge < -0.3 is 5.32 Å². The molecule has 1 N–H and O–H groups in total. The zero-order valence-corrected chi connectivity index (χ0v) is 17.5. The fourth-order valence-electron chi connectivity index (χ4n) is 3.60. The van der Waals surface area contributed by atoms with E-state index in [1.54, 1.807) is 30.4 Å². The summed E-state index contributed by atoms with van der Waals surface area (Å²) in [6.45, 7) is 5.76. The second kappa shape index (κ2) is 7.29. The number of carbonyl (C=O) groups excluding carboxylic acids is 1. The molecular weight excluding hydrogens is 396 g/mol. The second-order valence-electron chi connectivity index (χ2n) is 7.50. The van der Waals surface area contributed by atoms with Gasteiger partial charge >= 0.3 is 0 Å². The van der Waals surface area contributed by atoms with E-state index in [9.17, 15) is 9.59 Å². The highest BCUT2D eigenvalue weighted by molar-refractivity contribution is 7.18. The first-order chi connectivity index (χ1) is 13.3. The summed E-state index contributed by atoms with van der Waals surface area (Å²) in [6.07, 6.45) is 2.91. The standard InChI is InChI=1S/C20H21ClN4O2S/c1-10-4-7-14-16(8-10)28-19-17(14)20(27)25(24-23-19)12(3)18(26)22-15-9-13(21)6-5-11(15)2/h5-6,9-10,12H,4,7-8H2,1-3H3,(H,22,26)/t10-,12-/m0/s1. The van der Waals surface area contributed by atoms with E-state index in [0.29, 0.717) is 26.8 Å². The maximum absolute atomic E-state index is 13.1. The van der Waals surface area contributed by atoms with Crippen LogP contribution in [0.2, 0.25) is 5.02 Å². The largest absolute Gasteiger partial charge is 0.324 e. The monoisotopic (exact) mass is 416 g/mol. The number of nitrogens with zero attached hydrogens (tertiary/aromatic N) is 3. The molecule has 0 saturated heterocycles. The van der Waals surface area contributed by atoms with E-state index >= 15 is 0 Å². The molecule has 0 bridgehead atoms. The summed E-state index contributed by atoms with van der Waals surface area (Å²) >= 11 is 7.58. The highest BCUT2D eigenvalue weighted by atomic mass is 35.5. The highest BCUT2D eigenvalue weighted by Crippen LogP contribution is 2.35. The van der Waals surface area contributed by atoms with Gasteiger partial charge in [0.15, 0.2) is 4.83 Å². The van der Waals surface area contributed by atoms with E-state index < -0.39 is 6.04 Å². The Bertz CT molecular complexity index is 1140. The molecule has 28 heavy (non-hydrogen) atoms. The number of amides is 1. The van der Waals surface area contributed by atoms with Gasteiger partial charge in [0.05, 0.1) is 5.39 Å². The SMILES string of the molecule is Cc1ccc(Cl)cc1NC(=O)[C@H](C)n1nnc2sc3c(c2c1=O)CC[C@H](C)C3. The quantitative estimate of drug-likeness (QED) is 0.696. The Hall–Kier alpha value is -2.25. The molecule has 8 heteroatoms. The molecule has 1 amide bonds. The van der Waals surface area contributed by atoms with E-state index in [4.69, 9.17) is 11.6 Å². The van der Waals surface area contributed by atoms with Crippen LogP contribution in [0.1, 0.15) is 42.3 Å². The van der Waals surface area contributed by atoms with Crippen molar-refractivity contribution >= 4 is 44.7 Å². The summed E-state index contributed by atoms with van der Waals surface area (Å²) < 4.78 is 1.18. The van der Waals surface area contributed by atoms with Gasteiger partial charge in [-0.15, -0.1) is 16.4 Å². The summed E-state index contributed by atoms with van der Waals surface area (Å²) in [5, 5.41) is 12.3. The van der Waals surface area contributed by atoms with Gasteiger partial charge in [-0.1, -0.05) is 29.8 Å². The fourth-order valence-corrected chi connectivity index (χ4v) is 5.09. The van der Waals surface area contributed by atoms with Crippen molar-refractivity contribution in [2.75, 3.05) is 5.32 Å². The van der Waals surface area contributed by atoms with Crippen molar-refractivity contribution in [2.24, 2.45) is 5.92 Å². The minimum absolute atomic E-state index is 0.248. The minimum Gasteiger partial charge on any atom is -0.324 e. The topological polar surface area (TPSA) is 76.9 Å². The van der Waals surface area contributed by atoms with Crippen LogP contribution in [0.3, 0.4) is 0 Å². The summed E-state index contributed by atoms with van der Waals surface area (Å²) in [5.41, 5.74) is 2.35. The van der Waals surface area contributed by atoms with Gasteiger partial charge in [-0.3, -0.25) is 9.59 Å². The lowest BCUT2D eigenvalue weighted by Crippen LogP contribution is -2.34. The number of rotatable bonds is 3. The van der Waals surface area contributed by atoms with Gasteiger partial charge in [-0.25, -0.2) is 0 Å². The zero-order chi connectivity index (χ0) is 20.0. The van der Waals surface area contributed by atoms with Crippen molar-refractivity contribution in [3.63, 3.8) is 0 Å². The second-order valence-corrected chi connectivity index (χ2v) is 9.02. The van der Waals surface area contributed by atoms with Gasteiger partial charge in [0, 0.05) is 15.6 Å². The van der Waals surface area contributed by atoms with Crippen LogP contribution in [0, 0.1) is 12.8 Å². The van der Waals surface area contributed by atoms with E-state index in [2.05, 4.69) is 22.6 Å². The van der Waals surface area contributed by atoms with Crippen LogP contribution in [-0.4, -0.2) is 20.9 Å².